The molecule has 112 valence electrons. The largest absolute Gasteiger partial charge is 0.369 e. The molecule has 0 unspecified atom stereocenters. The number of nitrogens with one attached hydrogen (secondary N) is 1. The van der Waals surface area contributed by atoms with Crippen molar-refractivity contribution in [2.45, 2.75) is 26.7 Å². The molecule has 22 heavy (non-hydrogen) atoms. The Labute approximate surface area is 131 Å². The number of unbranched alkanes of at least 4 members (excludes halogenated alkanes) is 1. The molecule has 0 aliphatic carbocycles. The predicted molar refractivity (Wildman–Crippen MR) is 93.1 cm³/mol. The molecule has 1 heterocycles. The van der Waals surface area contributed by atoms with E-state index in [0.717, 1.165) is 41.1 Å². The zero-order valence-corrected chi connectivity index (χ0v) is 13.1. The average Bonchev–Trinajstić information content (AvgIpc) is 2.55. The van der Waals surface area contributed by atoms with E-state index in [9.17, 15) is 0 Å². The Hall–Kier alpha value is -2.42. The standard InChI is InChI=1S/C19H21N3/c1-3-4-13-20-18-16-11-7-8-12-17(16)21-19(22-18)15-10-6-5-9-14(15)2/h5-12H,3-4,13H2,1-2H3,(H,20,21,22). The Kier molecular flexibility index (Phi) is 4.33. The number of aryl methyl sites for hydroxylation is 1. The van der Waals surface area contributed by atoms with Crippen LogP contribution in [0, 0.1) is 6.92 Å². The third-order valence-corrected chi connectivity index (χ3v) is 3.81. The molecule has 3 rings (SSSR count). The van der Waals surface area contributed by atoms with Gasteiger partial charge in [-0.2, -0.15) is 0 Å². The van der Waals surface area contributed by atoms with Crippen LogP contribution in [0.4, 0.5) is 5.82 Å². The highest BCUT2D eigenvalue weighted by atomic mass is 15.0. The normalized spacial score (nSPS) is 10.8. The summed E-state index contributed by atoms with van der Waals surface area (Å²) in [6.45, 7) is 5.22. The summed E-state index contributed by atoms with van der Waals surface area (Å²) in [6, 6.07) is 16.4. The fourth-order valence-electron chi connectivity index (χ4n) is 2.54. The Morgan fingerprint density at radius 3 is 2.55 bits per heavy atom. The zero-order valence-electron chi connectivity index (χ0n) is 13.1. The van der Waals surface area contributed by atoms with Crippen molar-refractivity contribution in [2.75, 3.05) is 11.9 Å². The fourth-order valence-corrected chi connectivity index (χ4v) is 2.54. The Morgan fingerprint density at radius 2 is 1.73 bits per heavy atom. The van der Waals surface area contributed by atoms with Crippen molar-refractivity contribution in [1.29, 1.82) is 0 Å². The molecule has 1 N–H and O–H groups in total. The van der Waals surface area contributed by atoms with Crippen LogP contribution in [0.2, 0.25) is 0 Å². The number of rotatable bonds is 5. The highest BCUT2D eigenvalue weighted by Gasteiger charge is 2.10. The van der Waals surface area contributed by atoms with E-state index in [4.69, 9.17) is 9.97 Å². The average molecular weight is 291 g/mol. The van der Waals surface area contributed by atoms with E-state index in [-0.39, 0.29) is 0 Å². The SMILES string of the molecule is CCCCNc1nc(-c2ccccc2C)nc2ccccc12. The smallest absolute Gasteiger partial charge is 0.162 e. The molecular weight excluding hydrogens is 270 g/mol. The number of hydrogen-bond acceptors (Lipinski definition) is 3. The first-order chi connectivity index (χ1) is 10.8. The van der Waals surface area contributed by atoms with E-state index in [1.54, 1.807) is 0 Å². The lowest BCUT2D eigenvalue weighted by Crippen LogP contribution is -2.05. The molecule has 0 spiro atoms. The summed E-state index contributed by atoms with van der Waals surface area (Å²) in [5.74, 6) is 1.72. The summed E-state index contributed by atoms with van der Waals surface area (Å²) in [5.41, 5.74) is 3.26. The second-order valence-electron chi connectivity index (χ2n) is 5.51. The lowest BCUT2D eigenvalue weighted by molar-refractivity contribution is 0.832. The van der Waals surface area contributed by atoms with Crippen molar-refractivity contribution in [3.05, 3.63) is 54.1 Å². The first-order valence-electron chi connectivity index (χ1n) is 7.86. The van der Waals surface area contributed by atoms with Crippen molar-refractivity contribution in [2.24, 2.45) is 0 Å². The maximum absolute atomic E-state index is 4.78. The van der Waals surface area contributed by atoms with Gasteiger partial charge in [-0.3, -0.25) is 0 Å². The van der Waals surface area contributed by atoms with E-state index >= 15 is 0 Å². The molecular formula is C19H21N3. The van der Waals surface area contributed by atoms with Gasteiger partial charge in [0.15, 0.2) is 5.82 Å². The van der Waals surface area contributed by atoms with E-state index < -0.39 is 0 Å². The van der Waals surface area contributed by atoms with E-state index in [2.05, 4.69) is 37.4 Å². The quantitative estimate of drug-likeness (QED) is 0.685. The van der Waals surface area contributed by atoms with Crippen molar-refractivity contribution in [3.63, 3.8) is 0 Å². The van der Waals surface area contributed by atoms with Crippen LogP contribution in [0.1, 0.15) is 25.3 Å². The minimum Gasteiger partial charge on any atom is -0.369 e. The number of anilines is 1. The van der Waals surface area contributed by atoms with Crippen LogP contribution in [-0.4, -0.2) is 16.5 Å². The van der Waals surface area contributed by atoms with Gasteiger partial charge in [0.05, 0.1) is 5.52 Å². The van der Waals surface area contributed by atoms with Crippen LogP contribution in [0.3, 0.4) is 0 Å². The van der Waals surface area contributed by atoms with E-state index in [1.807, 2.05) is 30.3 Å². The van der Waals surface area contributed by atoms with E-state index in [0.29, 0.717) is 0 Å². The molecule has 0 aliphatic rings. The fraction of sp³-hybridized carbons (Fsp3) is 0.263. The van der Waals surface area contributed by atoms with Crippen molar-refractivity contribution >= 4 is 16.7 Å². The molecule has 3 aromatic rings. The molecule has 0 radical (unpaired) electrons. The minimum absolute atomic E-state index is 0.788. The zero-order chi connectivity index (χ0) is 15.4. The first kappa shape index (κ1) is 14.5. The summed E-state index contributed by atoms with van der Waals surface area (Å²) >= 11 is 0. The number of fused-ring (bicyclic) bond motifs is 1. The van der Waals surface area contributed by atoms with Crippen LogP contribution in [0.25, 0.3) is 22.3 Å². The molecule has 1 aromatic heterocycles. The van der Waals surface area contributed by atoms with Crippen LogP contribution in [0.15, 0.2) is 48.5 Å². The van der Waals surface area contributed by atoms with Gasteiger partial charge in [0.2, 0.25) is 0 Å². The lowest BCUT2D eigenvalue weighted by atomic mass is 10.1. The van der Waals surface area contributed by atoms with E-state index in [1.165, 1.54) is 12.0 Å². The highest BCUT2D eigenvalue weighted by Crippen LogP contribution is 2.26. The molecule has 3 heteroatoms. The summed E-state index contributed by atoms with van der Waals surface area (Å²) in [7, 11) is 0. The summed E-state index contributed by atoms with van der Waals surface area (Å²) in [6.07, 6.45) is 2.30. The summed E-state index contributed by atoms with van der Waals surface area (Å²) < 4.78 is 0. The van der Waals surface area contributed by atoms with Gasteiger partial charge in [0, 0.05) is 17.5 Å². The highest BCUT2D eigenvalue weighted by molar-refractivity contribution is 5.90. The Morgan fingerprint density at radius 1 is 0.955 bits per heavy atom. The van der Waals surface area contributed by atoms with Gasteiger partial charge in [0.25, 0.3) is 0 Å². The third kappa shape index (κ3) is 2.93. The second kappa shape index (κ2) is 6.56. The van der Waals surface area contributed by atoms with Gasteiger partial charge in [-0.25, -0.2) is 9.97 Å². The maximum atomic E-state index is 4.78. The second-order valence-corrected chi connectivity index (χ2v) is 5.51. The number of nitrogens with zero attached hydrogens (tertiary/aromatic N) is 2. The molecule has 0 saturated heterocycles. The van der Waals surface area contributed by atoms with Gasteiger partial charge >= 0.3 is 0 Å². The maximum Gasteiger partial charge on any atom is 0.162 e. The third-order valence-electron chi connectivity index (χ3n) is 3.81. The van der Waals surface area contributed by atoms with Gasteiger partial charge in [0.1, 0.15) is 5.82 Å². The molecule has 0 amide bonds. The lowest BCUT2D eigenvalue weighted by Gasteiger charge is -2.11. The van der Waals surface area contributed by atoms with Crippen molar-refractivity contribution in [3.8, 4) is 11.4 Å². The van der Waals surface area contributed by atoms with Gasteiger partial charge in [-0.1, -0.05) is 49.7 Å². The molecule has 0 saturated carbocycles. The molecule has 0 aliphatic heterocycles. The first-order valence-corrected chi connectivity index (χ1v) is 7.86. The molecule has 0 atom stereocenters. The van der Waals surface area contributed by atoms with Crippen molar-refractivity contribution < 1.29 is 0 Å². The van der Waals surface area contributed by atoms with Crippen LogP contribution < -0.4 is 5.32 Å². The minimum atomic E-state index is 0.788. The summed E-state index contributed by atoms with van der Waals surface area (Å²) in [5, 5.41) is 4.55. The topological polar surface area (TPSA) is 37.8 Å². The Bertz CT molecular complexity index is 780. The van der Waals surface area contributed by atoms with Crippen LogP contribution >= 0.6 is 0 Å². The summed E-state index contributed by atoms with van der Waals surface area (Å²) in [4.78, 5) is 9.53. The van der Waals surface area contributed by atoms with Gasteiger partial charge in [-0.15, -0.1) is 0 Å². The monoisotopic (exact) mass is 291 g/mol. The van der Waals surface area contributed by atoms with Crippen molar-refractivity contribution in [1.82, 2.24) is 9.97 Å². The molecule has 2 aromatic carbocycles. The molecule has 0 fully saturated rings. The van der Waals surface area contributed by atoms with Gasteiger partial charge < -0.3 is 5.32 Å². The Balaban J connectivity index is 2.10. The predicted octanol–water partition coefficient (Wildman–Crippen LogP) is 4.82. The van der Waals surface area contributed by atoms with Gasteiger partial charge in [-0.05, 0) is 31.0 Å². The number of para-hydroxylation sites is 1. The van der Waals surface area contributed by atoms with Crippen LogP contribution in [-0.2, 0) is 0 Å². The van der Waals surface area contributed by atoms with Crippen LogP contribution in [0.5, 0.6) is 0 Å². The molecule has 0 bridgehead atoms. The number of hydrogen-bond donors (Lipinski definition) is 1. The number of aromatic nitrogens is 2. The number of benzene rings is 2. The molecule has 3 nitrogen and oxygen atoms in total.